The SMILES string of the molecule is COc1cc(/C=C2\SC(=O)N(CC(=O)Nc3ccc(C)c(C)c3)C2=O)ccc1OC(C)=O. The highest BCUT2D eigenvalue weighted by atomic mass is 32.2. The number of anilines is 1. The highest BCUT2D eigenvalue weighted by Crippen LogP contribution is 2.34. The summed E-state index contributed by atoms with van der Waals surface area (Å²) < 4.78 is 10.3. The van der Waals surface area contributed by atoms with E-state index in [1.165, 1.54) is 26.2 Å². The van der Waals surface area contributed by atoms with Gasteiger partial charge >= 0.3 is 5.97 Å². The van der Waals surface area contributed by atoms with E-state index in [1.54, 1.807) is 18.2 Å². The van der Waals surface area contributed by atoms with E-state index in [2.05, 4.69) is 5.32 Å². The average molecular weight is 455 g/mol. The van der Waals surface area contributed by atoms with Crippen LogP contribution in [-0.4, -0.2) is 41.6 Å². The van der Waals surface area contributed by atoms with Gasteiger partial charge in [0.05, 0.1) is 12.0 Å². The number of hydrogen-bond acceptors (Lipinski definition) is 7. The van der Waals surface area contributed by atoms with E-state index in [0.717, 1.165) is 27.8 Å². The molecular weight excluding hydrogens is 432 g/mol. The number of hydrogen-bond donors (Lipinski definition) is 1. The number of nitrogens with zero attached hydrogens (tertiary/aromatic N) is 1. The lowest BCUT2D eigenvalue weighted by atomic mass is 10.1. The molecule has 32 heavy (non-hydrogen) atoms. The second-order valence-electron chi connectivity index (χ2n) is 7.12. The summed E-state index contributed by atoms with van der Waals surface area (Å²) in [5, 5.41) is 2.18. The average Bonchev–Trinajstić information content (AvgIpc) is 2.98. The van der Waals surface area contributed by atoms with Crippen molar-refractivity contribution in [3.05, 3.63) is 58.0 Å². The minimum atomic E-state index is -0.557. The number of nitrogens with one attached hydrogen (secondary N) is 1. The van der Waals surface area contributed by atoms with Crippen LogP contribution in [0.1, 0.15) is 23.6 Å². The molecule has 1 saturated heterocycles. The summed E-state index contributed by atoms with van der Waals surface area (Å²) in [6.07, 6.45) is 1.52. The highest BCUT2D eigenvalue weighted by Gasteiger charge is 2.36. The van der Waals surface area contributed by atoms with Crippen molar-refractivity contribution in [3.63, 3.8) is 0 Å². The van der Waals surface area contributed by atoms with Crippen molar-refractivity contribution in [1.29, 1.82) is 0 Å². The Balaban J connectivity index is 1.72. The smallest absolute Gasteiger partial charge is 0.308 e. The van der Waals surface area contributed by atoms with Crippen LogP contribution in [0.4, 0.5) is 10.5 Å². The monoisotopic (exact) mass is 454 g/mol. The number of ether oxygens (including phenoxy) is 2. The van der Waals surface area contributed by atoms with Gasteiger partial charge in [0.25, 0.3) is 11.1 Å². The maximum atomic E-state index is 12.7. The summed E-state index contributed by atoms with van der Waals surface area (Å²) in [5.74, 6) is -0.965. The number of imide groups is 1. The van der Waals surface area contributed by atoms with E-state index in [9.17, 15) is 19.2 Å². The minimum absolute atomic E-state index is 0.177. The predicted octanol–water partition coefficient (Wildman–Crippen LogP) is 3.91. The van der Waals surface area contributed by atoms with Gasteiger partial charge in [-0.1, -0.05) is 12.1 Å². The first-order valence-corrected chi connectivity index (χ1v) is 10.5. The van der Waals surface area contributed by atoms with Crippen LogP contribution in [0.5, 0.6) is 11.5 Å². The zero-order valence-electron chi connectivity index (χ0n) is 18.1. The topological polar surface area (TPSA) is 102 Å². The molecule has 0 unspecified atom stereocenters. The molecule has 9 heteroatoms. The van der Waals surface area contributed by atoms with Gasteiger partial charge in [-0.3, -0.25) is 24.1 Å². The van der Waals surface area contributed by atoms with Crippen LogP contribution < -0.4 is 14.8 Å². The number of amides is 3. The molecule has 1 heterocycles. The third-order valence-electron chi connectivity index (χ3n) is 4.71. The Labute approximate surface area is 189 Å². The molecule has 0 bridgehead atoms. The molecule has 0 atom stereocenters. The molecule has 3 amide bonds. The molecule has 0 saturated carbocycles. The Morgan fingerprint density at radius 2 is 1.81 bits per heavy atom. The van der Waals surface area contributed by atoms with Gasteiger partial charge in [0, 0.05) is 12.6 Å². The van der Waals surface area contributed by atoms with Crippen molar-refractivity contribution in [2.24, 2.45) is 0 Å². The summed E-state index contributed by atoms with van der Waals surface area (Å²) in [6.45, 7) is 4.79. The molecule has 0 aliphatic carbocycles. The van der Waals surface area contributed by atoms with E-state index in [4.69, 9.17) is 9.47 Å². The maximum absolute atomic E-state index is 12.7. The van der Waals surface area contributed by atoms with Crippen molar-refractivity contribution in [2.45, 2.75) is 20.8 Å². The van der Waals surface area contributed by atoms with Crippen LogP contribution in [0.25, 0.3) is 6.08 Å². The third-order valence-corrected chi connectivity index (χ3v) is 5.61. The Morgan fingerprint density at radius 1 is 1.06 bits per heavy atom. The van der Waals surface area contributed by atoms with E-state index in [0.29, 0.717) is 17.0 Å². The number of carbonyl (C=O) groups excluding carboxylic acids is 4. The van der Waals surface area contributed by atoms with Gasteiger partial charge in [0.2, 0.25) is 5.91 Å². The van der Waals surface area contributed by atoms with E-state index in [-0.39, 0.29) is 17.2 Å². The first kappa shape index (κ1) is 23.1. The molecule has 166 valence electrons. The molecule has 2 aromatic rings. The summed E-state index contributed by atoms with van der Waals surface area (Å²) >= 11 is 0.750. The minimum Gasteiger partial charge on any atom is -0.493 e. The van der Waals surface area contributed by atoms with Crippen LogP contribution in [0, 0.1) is 13.8 Å². The Morgan fingerprint density at radius 3 is 2.47 bits per heavy atom. The van der Waals surface area contributed by atoms with Crippen LogP contribution in [0.15, 0.2) is 41.3 Å². The fourth-order valence-corrected chi connectivity index (χ4v) is 3.80. The molecule has 0 spiro atoms. The van der Waals surface area contributed by atoms with Crippen molar-refractivity contribution >= 4 is 46.5 Å². The standard InChI is InChI=1S/C23H22N2O6S/c1-13-5-7-17(9-14(13)2)24-21(27)12-25-22(28)20(32-23(25)29)11-16-6-8-18(31-15(3)26)19(10-16)30-4/h5-11H,12H2,1-4H3,(H,24,27)/b20-11-. The molecule has 1 fully saturated rings. The lowest BCUT2D eigenvalue weighted by Crippen LogP contribution is -2.36. The number of methoxy groups -OCH3 is 1. The zero-order valence-corrected chi connectivity index (χ0v) is 18.9. The van der Waals surface area contributed by atoms with Gasteiger partial charge in [-0.2, -0.15) is 0 Å². The van der Waals surface area contributed by atoms with Crippen molar-refractivity contribution in [2.75, 3.05) is 19.0 Å². The molecule has 1 aliphatic heterocycles. The molecule has 1 N–H and O–H groups in total. The Kier molecular flexibility index (Phi) is 6.99. The molecular formula is C23H22N2O6S. The fourth-order valence-electron chi connectivity index (χ4n) is 2.96. The van der Waals surface area contributed by atoms with Gasteiger partial charge in [-0.15, -0.1) is 0 Å². The molecule has 8 nitrogen and oxygen atoms in total. The molecule has 2 aromatic carbocycles. The Hall–Kier alpha value is -3.59. The summed E-state index contributed by atoms with van der Waals surface area (Å²) in [7, 11) is 1.42. The number of carbonyl (C=O) groups is 4. The van der Waals surface area contributed by atoms with E-state index < -0.39 is 23.0 Å². The van der Waals surface area contributed by atoms with Crippen molar-refractivity contribution < 1.29 is 28.7 Å². The van der Waals surface area contributed by atoms with Gasteiger partial charge in [-0.25, -0.2) is 0 Å². The van der Waals surface area contributed by atoms with Crippen molar-refractivity contribution in [3.8, 4) is 11.5 Å². The largest absolute Gasteiger partial charge is 0.493 e. The summed E-state index contributed by atoms with van der Waals surface area (Å²) in [4.78, 5) is 49.7. The molecule has 0 aromatic heterocycles. The first-order chi connectivity index (χ1) is 15.2. The van der Waals surface area contributed by atoms with Crippen LogP contribution in [0.3, 0.4) is 0 Å². The molecule has 3 rings (SSSR count). The third kappa shape index (κ3) is 5.36. The van der Waals surface area contributed by atoms with E-state index in [1.807, 2.05) is 26.0 Å². The summed E-state index contributed by atoms with van der Waals surface area (Å²) in [5.41, 5.74) is 3.28. The van der Waals surface area contributed by atoms with Crippen LogP contribution >= 0.6 is 11.8 Å². The highest BCUT2D eigenvalue weighted by molar-refractivity contribution is 8.18. The van der Waals surface area contributed by atoms with Gasteiger partial charge in [0.1, 0.15) is 6.54 Å². The maximum Gasteiger partial charge on any atom is 0.308 e. The number of aryl methyl sites for hydroxylation is 2. The number of thioether (sulfide) groups is 1. The first-order valence-electron chi connectivity index (χ1n) is 9.67. The zero-order chi connectivity index (χ0) is 23.4. The number of rotatable bonds is 6. The fraction of sp³-hybridized carbons (Fsp3) is 0.217. The van der Waals surface area contributed by atoms with Crippen molar-refractivity contribution in [1.82, 2.24) is 4.90 Å². The molecule has 0 radical (unpaired) electrons. The number of benzene rings is 2. The van der Waals surface area contributed by atoms with Gasteiger partial charge in [-0.05, 0) is 72.6 Å². The second kappa shape index (κ2) is 9.69. The normalized spacial score (nSPS) is 14.6. The Bertz CT molecular complexity index is 1140. The predicted molar refractivity (Wildman–Crippen MR) is 122 cm³/mol. The molecule has 1 aliphatic rings. The number of esters is 1. The summed E-state index contributed by atoms with van der Waals surface area (Å²) in [6, 6.07) is 10.2. The van der Waals surface area contributed by atoms with E-state index >= 15 is 0 Å². The second-order valence-corrected chi connectivity index (χ2v) is 8.11. The lowest BCUT2D eigenvalue weighted by molar-refractivity contribution is -0.132. The quantitative estimate of drug-likeness (QED) is 0.401. The van der Waals surface area contributed by atoms with Crippen LogP contribution in [0.2, 0.25) is 0 Å². The van der Waals surface area contributed by atoms with Gasteiger partial charge in [0.15, 0.2) is 11.5 Å². The lowest BCUT2D eigenvalue weighted by Gasteiger charge is -2.13. The van der Waals surface area contributed by atoms with Crippen LogP contribution in [-0.2, 0) is 14.4 Å². The van der Waals surface area contributed by atoms with Gasteiger partial charge < -0.3 is 14.8 Å².